The minimum absolute atomic E-state index is 0.0877. The Morgan fingerprint density at radius 1 is 0.643 bits per heavy atom. The van der Waals surface area contributed by atoms with Gasteiger partial charge in [-0.05, 0) is 138 Å². The molecule has 0 heterocycles. The number of unbranched alkanes of at least 4 members (excludes halogenated alkanes) is 2. The summed E-state index contributed by atoms with van der Waals surface area (Å²) in [6, 6.07) is 29.2. The van der Waals surface area contributed by atoms with Crippen molar-refractivity contribution in [3.05, 3.63) is 113 Å². The fourth-order valence-electron chi connectivity index (χ4n) is 7.27. The van der Waals surface area contributed by atoms with E-state index in [4.69, 9.17) is 9.47 Å². The first-order valence-electron chi connectivity index (χ1n) is 21.0. The molecule has 56 heavy (non-hydrogen) atoms. The smallest absolute Gasteiger partial charge is 0.333 e. The standard InChI is InChI=1S/C51H68O5/c1-9-12-13-15-38-17-19-41(20-18-38)46-24-21-42(32-39(46)10-2)43-22-25-47(40(11-3)33-43)44-23-26-48(45(34-44)16-14-30-56-49(54)37(4)5)55-31-29-51(35-52,36-53)28-27-50(6,7)8/h17-26,32-34,52-53H,4,9-16,27-31,35-36H2,1-3,5-8H3. The van der Waals surface area contributed by atoms with Crippen LogP contribution in [0.1, 0.15) is 116 Å². The van der Waals surface area contributed by atoms with Gasteiger partial charge in [0.25, 0.3) is 0 Å². The number of aliphatic hydroxyl groups excluding tert-OH is 2. The summed E-state index contributed by atoms with van der Waals surface area (Å²) in [4.78, 5) is 12.0. The maximum Gasteiger partial charge on any atom is 0.333 e. The highest BCUT2D eigenvalue weighted by Gasteiger charge is 2.30. The van der Waals surface area contributed by atoms with Crippen molar-refractivity contribution < 1.29 is 24.5 Å². The molecule has 0 atom stereocenters. The van der Waals surface area contributed by atoms with Gasteiger partial charge in [-0.2, -0.15) is 0 Å². The molecule has 0 fully saturated rings. The van der Waals surface area contributed by atoms with Crippen LogP contribution in [0.25, 0.3) is 33.4 Å². The molecule has 0 saturated heterocycles. The third-order valence-electron chi connectivity index (χ3n) is 11.1. The van der Waals surface area contributed by atoms with Crippen LogP contribution in [0.2, 0.25) is 0 Å². The van der Waals surface area contributed by atoms with Crippen LogP contribution in [0.4, 0.5) is 0 Å². The van der Waals surface area contributed by atoms with Gasteiger partial charge in [-0.15, -0.1) is 0 Å². The van der Waals surface area contributed by atoms with E-state index in [1.54, 1.807) is 6.92 Å². The van der Waals surface area contributed by atoms with E-state index < -0.39 is 5.41 Å². The van der Waals surface area contributed by atoms with Crippen molar-refractivity contribution in [3.8, 4) is 39.1 Å². The maximum absolute atomic E-state index is 12.0. The minimum Gasteiger partial charge on any atom is -0.493 e. The first-order chi connectivity index (χ1) is 26.9. The normalized spacial score (nSPS) is 11.8. The van der Waals surface area contributed by atoms with Crippen molar-refractivity contribution in [2.45, 2.75) is 119 Å². The molecule has 4 rings (SSSR count). The van der Waals surface area contributed by atoms with Crippen molar-refractivity contribution in [1.29, 1.82) is 0 Å². The van der Waals surface area contributed by atoms with E-state index in [9.17, 15) is 15.0 Å². The first kappa shape index (κ1) is 44.5. The molecule has 0 unspecified atom stereocenters. The maximum atomic E-state index is 12.0. The molecule has 0 amide bonds. The van der Waals surface area contributed by atoms with Gasteiger partial charge >= 0.3 is 5.97 Å². The van der Waals surface area contributed by atoms with Gasteiger partial charge in [0.15, 0.2) is 0 Å². The Hall–Kier alpha value is -4.19. The highest BCUT2D eigenvalue weighted by Crippen LogP contribution is 2.37. The summed E-state index contributed by atoms with van der Waals surface area (Å²) in [5.74, 6) is 0.392. The molecule has 0 saturated carbocycles. The lowest BCUT2D eigenvalue weighted by Crippen LogP contribution is -2.33. The van der Waals surface area contributed by atoms with Crippen LogP contribution in [-0.2, 0) is 35.2 Å². The quantitative estimate of drug-likeness (QED) is 0.0474. The second-order valence-corrected chi connectivity index (χ2v) is 16.9. The van der Waals surface area contributed by atoms with Crippen molar-refractivity contribution in [3.63, 3.8) is 0 Å². The van der Waals surface area contributed by atoms with E-state index in [0.717, 1.165) is 49.0 Å². The highest BCUT2D eigenvalue weighted by atomic mass is 16.5. The molecule has 5 heteroatoms. The molecule has 4 aromatic rings. The van der Waals surface area contributed by atoms with Crippen LogP contribution in [0.3, 0.4) is 0 Å². The van der Waals surface area contributed by atoms with E-state index >= 15 is 0 Å². The Bertz CT molecular complexity index is 1860. The molecule has 0 aliphatic carbocycles. The summed E-state index contributed by atoms with van der Waals surface area (Å²) in [5.41, 5.74) is 12.3. The zero-order valence-electron chi connectivity index (χ0n) is 35.4. The topological polar surface area (TPSA) is 76.0 Å². The second kappa shape index (κ2) is 21.4. The van der Waals surface area contributed by atoms with Crippen molar-refractivity contribution in [1.82, 2.24) is 0 Å². The predicted molar refractivity (Wildman–Crippen MR) is 234 cm³/mol. The largest absolute Gasteiger partial charge is 0.493 e. The molecule has 0 aromatic heterocycles. The van der Waals surface area contributed by atoms with Crippen LogP contribution in [0.5, 0.6) is 5.75 Å². The molecule has 0 spiro atoms. The van der Waals surface area contributed by atoms with Gasteiger partial charge in [0.05, 0.1) is 26.4 Å². The number of benzene rings is 4. The van der Waals surface area contributed by atoms with Gasteiger partial charge in [0, 0.05) is 11.0 Å². The van der Waals surface area contributed by atoms with Crippen LogP contribution in [-0.4, -0.2) is 42.6 Å². The summed E-state index contributed by atoms with van der Waals surface area (Å²) < 4.78 is 11.8. The Balaban J connectivity index is 1.58. The van der Waals surface area contributed by atoms with Gasteiger partial charge in [0.1, 0.15) is 5.75 Å². The number of hydrogen-bond donors (Lipinski definition) is 2. The number of aryl methyl sites for hydroxylation is 4. The van der Waals surface area contributed by atoms with E-state index in [2.05, 4.69) is 121 Å². The predicted octanol–water partition coefficient (Wildman–Crippen LogP) is 12.2. The Kier molecular flexibility index (Phi) is 17.0. The molecule has 0 aliphatic heterocycles. The highest BCUT2D eigenvalue weighted by molar-refractivity contribution is 5.86. The molecule has 302 valence electrons. The number of aliphatic hydroxyl groups is 2. The lowest BCUT2D eigenvalue weighted by atomic mass is 9.76. The summed E-state index contributed by atoms with van der Waals surface area (Å²) in [7, 11) is 0. The summed E-state index contributed by atoms with van der Waals surface area (Å²) in [6.45, 7) is 19.1. The Labute approximate surface area is 338 Å². The van der Waals surface area contributed by atoms with Gasteiger partial charge in [0.2, 0.25) is 0 Å². The number of hydrogen-bond acceptors (Lipinski definition) is 5. The fraction of sp³-hybridized carbons (Fsp3) is 0.471. The Morgan fingerprint density at radius 2 is 1.21 bits per heavy atom. The summed E-state index contributed by atoms with van der Waals surface area (Å²) in [6.07, 6.45) is 10.2. The molecule has 0 bridgehead atoms. The van der Waals surface area contributed by atoms with E-state index in [-0.39, 0.29) is 31.2 Å². The molecule has 0 aliphatic rings. The summed E-state index contributed by atoms with van der Waals surface area (Å²) >= 11 is 0. The van der Waals surface area contributed by atoms with Crippen LogP contribution >= 0.6 is 0 Å². The Morgan fingerprint density at radius 3 is 1.77 bits per heavy atom. The SMILES string of the molecule is C=C(C)C(=O)OCCCc1cc(-c2ccc(-c3ccc(-c4ccc(CCCCC)cc4)c(CC)c3)cc2CC)ccc1OCCC(CO)(CO)CCC(C)(C)C. The third kappa shape index (κ3) is 12.7. The van der Waals surface area contributed by atoms with Crippen molar-refractivity contribution in [2.75, 3.05) is 26.4 Å². The number of rotatable bonds is 22. The molecule has 4 aromatic carbocycles. The van der Waals surface area contributed by atoms with E-state index in [1.807, 2.05) is 6.07 Å². The zero-order valence-corrected chi connectivity index (χ0v) is 35.4. The average molecular weight is 761 g/mol. The van der Waals surface area contributed by atoms with Gasteiger partial charge in [-0.1, -0.05) is 128 Å². The minimum atomic E-state index is -0.598. The van der Waals surface area contributed by atoms with Crippen LogP contribution in [0.15, 0.2) is 91.0 Å². The molecular weight excluding hydrogens is 693 g/mol. The zero-order chi connectivity index (χ0) is 40.7. The number of carbonyl (C=O) groups excluding carboxylic acids is 1. The number of ether oxygens (including phenoxy) is 2. The van der Waals surface area contributed by atoms with E-state index in [0.29, 0.717) is 31.4 Å². The van der Waals surface area contributed by atoms with Gasteiger partial charge in [-0.25, -0.2) is 4.79 Å². The molecule has 0 radical (unpaired) electrons. The van der Waals surface area contributed by atoms with E-state index in [1.165, 1.54) is 63.8 Å². The molecular formula is C51H68O5. The van der Waals surface area contributed by atoms with Crippen molar-refractivity contribution >= 4 is 5.97 Å². The lowest BCUT2D eigenvalue weighted by Gasteiger charge is -2.32. The average Bonchev–Trinajstić information content (AvgIpc) is 3.20. The summed E-state index contributed by atoms with van der Waals surface area (Å²) in [5, 5.41) is 20.6. The lowest BCUT2D eigenvalue weighted by molar-refractivity contribution is -0.139. The fourth-order valence-corrected chi connectivity index (χ4v) is 7.27. The molecule has 5 nitrogen and oxygen atoms in total. The van der Waals surface area contributed by atoms with Crippen LogP contribution < -0.4 is 4.74 Å². The monoisotopic (exact) mass is 761 g/mol. The number of esters is 1. The second-order valence-electron chi connectivity index (χ2n) is 16.9. The third-order valence-corrected chi connectivity index (χ3v) is 11.1. The number of carbonyl (C=O) groups is 1. The van der Waals surface area contributed by atoms with Gasteiger partial charge in [-0.3, -0.25) is 0 Å². The van der Waals surface area contributed by atoms with Crippen LogP contribution in [0, 0.1) is 10.8 Å². The first-order valence-corrected chi connectivity index (χ1v) is 21.0. The molecule has 2 N–H and O–H groups in total. The van der Waals surface area contributed by atoms with Crippen molar-refractivity contribution in [2.24, 2.45) is 10.8 Å². The van der Waals surface area contributed by atoms with Gasteiger partial charge < -0.3 is 19.7 Å².